The standard InChI is InChI=1S/C24H31NO2/c1-26-22-15-20-13-14-25(17-18-9-5-3-6-10-18)24(19-11-7-4-8-12-19)21(20)16-23(22)27-2/h4,7-8,11-12,15-16,18,24H,3,5-6,9-10,13-14,17H2,1-2H3. The van der Waals surface area contributed by atoms with Crippen LogP contribution in [-0.4, -0.2) is 32.2 Å². The first-order chi connectivity index (χ1) is 13.3. The molecule has 0 spiro atoms. The summed E-state index contributed by atoms with van der Waals surface area (Å²) in [6, 6.07) is 15.6. The summed E-state index contributed by atoms with van der Waals surface area (Å²) in [6.45, 7) is 2.31. The van der Waals surface area contributed by atoms with E-state index in [9.17, 15) is 0 Å². The van der Waals surface area contributed by atoms with Crippen molar-refractivity contribution in [2.75, 3.05) is 27.3 Å². The van der Waals surface area contributed by atoms with Crippen molar-refractivity contribution in [3.63, 3.8) is 0 Å². The SMILES string of the molecule is COc1cc2c(cc1OC)C(c1ccccc1)N(CC1CCCCC1)CC2. The molecule has 1 unspecified atom stereocenters. The maximum Gasteiger partial charge on any atom is 0.161 e. The molecule has 2 aromatic rings. The minimum Gasteiger partial charge on any atom is -0.493 e. The second-order valence-corrected chi connectivity index (χ2v) is 7.97. The highest BCUT2D eigenvalue weighted by molar-refractivity contribution is 5.51. The van der Waals surface area contributed by atoms with Gasteiger partial charge < -0.3 is 9.47 Å². The van der Waals surface area contributed by atoms with Crippen LogP contribution < -0.4 is 9.47 Å². The molecule has 0 N–H and O–H groups in total. The van der Waals surface area contributed by atoms with E-state index in [1.807, 2.05) is 0 Å². The molecule has 3 nitrogen and oxygen atoms in total. The van der Waals surface area contributed by atoms with Crippen molar-refractivity contribution in [1.82, 2.24) is 4.90 Å². The number of methoxy groups -OCH3 is 2. The quantitative estimate of drug-likeness (QED) is 0.724. The molecule has 0 aromatic heterocycles. The Morgan fingerprint density at radius 3 is 2.33 bits per heavy atom. The van der Waals surface area contributed by atoms with Crippen molar-refractivity contribution in [3.05, 3.63) is 59.2 Å². The number of nitrogens with zero attached hydrogens (tertiary/aromatic N) is 1. The van der Waals surface area contributed by atoms with Crippen LogP contribution in [0.1, 0.15) is 54.8 Å². The van der Waals surface area contributed by atoms with E-state index < -0.39 is 0 Å². The topological polar surface area (TPSA) is 21.7 Å². The van der Waals surface area contributed by atoms with Gasteiger partial charge in [-0.3, -0.25) is 4.90 Å². The molecule has 0 saturated heterocycles. The monoisotopic (exact) mass is 365 g/mol. The molecular formula is C24H31NO2. The average molecular weight is 366 g/mol. The Morgan fingerprint density at radius 1 is 0.926 bits per heavy atom. The van der Waals surface area contributed by atoms with Crippen LogP contribution in [-0.2, 0) is 6.42 Å². The van der Waals surface area contributed by atoms with E-state index in [4.69, 9.17) is 9.47 Å². The van der Waals surface area contributed by atoms with E-state index in [1.165, 1.54) is 55.3 Å². The van der Waals surface area contributed by atoms with Gasteiger partial charge in [-0.2, -0.15) is 0 Å². The Labute approximate surface area is 163 Å². The largest absolute Gasteiger partial charge is 0.493 e. The fraction of sp³-hybridized carbons (Fsp3) is 0.500. The summed E-state index contributed by atoms with van der Waals surface area (Å²) < 4.78 is 11.2. The van der Waals surface area contributed by atoms with Gasteiger partial charge >= 0.3 is 0 Å². The number of hydrogen-bond acceptors (Lipinski definition) is 3. The lowest BCUT2D eigenvalue weighted by Gasteiger charge is -2.40. The molecule has 2 aliphatic rings. The highest BCUT2D eigenvalue weighted by Crippen LogP contribution is 2.41. The van der Waals surface area contributed by atoms with Crippen LogP contribution in [0.2, 0.25) is 0 Å². The van der Waals surface area contributed by atoms with Gasteiger partial charge in [0.05, 0.1) is 20.3 Å². The summed E-state index contributed by atoms with van der Waals surface area (Å²) in [7, 11) is 3.45. The first-order valence-electron chi connectivity index (χ1n) is 10.3. The minimum atomic E-state index is 0.302. The Balaban J connectivity index is 1.72. The second kappa shape index (κ2) is 8.35. The molecule has 144 valence electrons. The molecule has 27 heavy (non-hydrogen) atoms. The van der Waals surface area contributed by atoms with Gasteiger partial charge in [-0.15, -0.1) is 0 Å². The molecule has 3 heteroatoms. The van der Waals surface area contributed by atoms with E-state index in [1.54, 1.807) is 14.2 Å². The summed E-state index contributed by atoms with van der Waals surface area (Å²) >= 11 is 0. The molecule has 1 atom stereocenters. The number of fused-ring (bicyclic) bond motifs is 1. The smallest absolute Gasteiger partial charge is 0.161 e. The van der Waals surface area contributed by atoms with E-state index in [2.05, 4.69) is 47.4 Å². The van der Waals surface area contributed by atoms with Crippen molar-refractivity contribution in [1.29, 1.82) is 0 Å². The van der Waals surface area contributed by atoms with Crippen molar-refractivity contribution in [2.24, 2.45) is 5.92 Å². The number of hydrogen-bond donors (Lipinski definition) is 0. The van der Waals surface area contributed by atoms with Crippen LogP contribution in [0.5, 0.6) is 11.5 Å². The highest BCUT2D eigenvalue weighted by Gasteiger charge is 2.31. The molecule has 0 amide bonds. The third kappa shape index (κ3) is 3.84. The van der Waals surface area contributed by atoms with E-state index in [0.29, 0.717) is 6.04 Å². The van der Waals surface area contributed by atoms with E-state index in [0.717, 1.165) is 30.4 Å². The van der Waals surface area contributed by atoms with Gasteiger partial charge in [-0.1, -0.05) is 49.6 Å². The lowest BCUT2D eigenvalue weighted by atomic mass is 9.84. The molecular weight excluding hydrogens is 334 g/mol. The highest BCUT2D eigenvalue weighted by atomic mass is 16.5. The molecule has 0 bridgehead atoms. The molecule has 1 saturated carbocycles. The summed E-state index contributed by atoms with van der Waals surface area (Å²) in [4.78, 5) is 2.71. The van der Waals surface area contributed by atoms with Gasteiger partial charge in [0.1, 0.15) is 0 Å². The average Bonchev–Trinajstić information content (AvgIpc) is 2.74. The summed E-state index contributed by atoms with van der Waals surface area (Å²) in [5.41, 5.74) is 4.14. The summed E-state index contributed by atoms with van der Waals surface area (Å²) in [5.74, 6) is 2.51. The Kier molecular flexibility index (Phi) is 5.68. The van der Waals surface area contributed by atoms with Crippen molar-refractivity contribution < 1.29 is 9.47 Å². The van der Waals surface area contributed by atoms with Crippen molar-refractivity contribution >= 4 is 0 Å². The lowest BCUT2D eigenvalue weighted by Crippen LogP contribution is -2.39. The van der Waals surface area contributed by atoms with Crippen LogP contribution in [0.25, 0.3) is 0 Å². The molecule has 0 radical (unpaired) electrons. The zero-order chi connectivity index (χ0) is 18.6. The normalized spacial score (nSPS) is 20.9. The van der Waals surface area contributed by atoms with Crippen molar-refractivity contribution in [2.45, 2.75) is 44.6 Å². The number of ether oxygens (including phenoxy) is 2. The maximum atomic E-state index is 5.63. The third-order valence-corrected chi connectivity index (χ3v) is 6.31. The number of rotatable bonds is 5. The number of benzene rings is 2. The zero-order valence-electron chi connectivity index (χ0n) is 16.6. The van der Waals surface area contributed by atoms with Gasteiger partial charge in [0, 0.05) is 13.1 Å². The predicted octanol–water partition coefficient (Wildman–Crippen LogP) is 5.23. The molecule has 1 aliphatic heterocycles. The molecule has 1 heterocycles. The van der Waals surface area contributed by atoms with Crippen LogP contribution >= 0.6 is 0 Å². The predicted molar refractivity (Wildman–Crippen MR) is 110 cm³/mol. The molecule has 4 rings (SSSR count). The minimum absolute atomic E-state index is 0.302. The van der Waals surface area contributed by atoms with Crippen LogP contribution in [0, 0.1) is 5.92 Å². The Bertz CT molecular complexity index is 752. The fourth-order valence-electron chi connectivity index (χ4n) is 4.92. The van der Waals surface area contributed by atoms with Gasteiger partial charge in [-0.05, 0) is 54.0 Å². The van der Waals surface area contributed by atoms with Gasteiger partial charge in [-0.25, -0.2) is 0 Å². The Morgan fingerprint density at radius 2 is 1.63 bits per heavy atom. The van der Waals surface area contributed by atoms with Crippen molar-refractivity contribution in [3.8, 4) is 11.5 Å². The van der Waals surface area contributed by atoms with Gasteiger partial charge in [0.2, 0.25) is 0 Å². The fourth-order valence-corrected chi connectivity index (χ4v) is 4.92. The first kappa shape index (κ1) is 18.4. The summed E-state index contributed by atoms with van der Waals surface area (Å²) in [6.07, 6.45) is 8.06. The van der Waals surface area contributed by atoms with Crippen LogP contribution in [0.15, 0.2) is 42.5 Å². The van der Waals surface area contributed by atoms with Crippen LogP contribution in [0.3, 0.4) is 0 Å². The second-order valence-electron chi connectivity index (χ2n) is 7.97. The van der Waals surface area contributed by atoms with Gasteiger partial charge in [0.15, 0.2) is 11.5 Å². The lowest BCUT2D eigenvalue weighted by molar-refractivity contribution is 0.159. The Hall–Kier alpha value is -2.00. The van der Waals surface area contributed by atoms with E-state index in [-0.39, 0.29) is 0 Å². The molecule has 1 aliphatic carbocycles. The first-order valence-corrected chi connectivity index (χ1v) is 10.3. The molecule has 2 aromatic carbocycles. The van der Waals surface area contributed by atoms with Crippen LogP contribution in [0.4, 0.5) is 0 Å². The maximum absolute atomic E-state index is 5.63. The van der Waals surface area contributed by atoms with E-state index >= 15 is 0 Å². The van der Waals surface area contributed by atoms with Gasteiger partial charge in [0.25, 0.3) is 0 Å². The molecule has 1 fully saturated rings. The summed E-state index contributed by atoms with van der Waals surface area (Å²) in [5, 5.41) is 0. The third-order valence-electron chi connectivity index (χ3n) is 6.31. The zero-order valence-corrected chi connectivity index (χ0v) is 16.6.